The van der Waals surface area contributed by atoms with Crippen LogP contribution in [-0.4, -0.2) is 5.11 Å². The lowest BCUT2D eigenvalue weighted by Gasteiger charge is -2.53. The van der Waals surface area contributed by atoms with Crippen LogP contribution in [0.15, 0.2) is 47.8 Å². The summed E-state index contributed by atoms with van der Waals surface area (Å²) >= 11 is 0. The van der Waals surface area contributed by atoms with Gasteiger partial charge in [0.05, 0.1) is 0 Å². The molecule has 0 radical (unpaired) electrons. The maximum absolute atomic E-state index is 10.0. The van der Waals surface area contributed by atoms with Crippen LogP contribution in [-0.2, 0) is 0 Å². The Bertz CT molecular complexity index is 767. The second-order valence-electron chi connectivity index (χ2n) is 11.8. The minimum atomic E-state index is 0.0439. The Kier molecular flexibility index (Phi) is 5.88. The van der Waals surface area contributed by atoms with Gasteiger partial charge in [0, 0.05) is 5.41 Å². The molecular weight excluding hydrogens is 364 g/mol. The molecule has 0 aromatic carbocycles. The van der Waals surface area contributed by atoms with Crippen LogP contribution in [0.3, 0.4) is 0 Å². The molecule has 1 saturated carbocycles. The Morgan fingerprint density at radius 1 is 1.10 bits per heavy atom. The average molecular weight is 409 g/mol. The van der Waals surface area contributed by atoms with E-state index in [4.69, 9.17) is 0 Å². The third kappa shape index (κ3) is 3.45. The van der Waals surface area contributed by atoms with Crippen LogP contribution in [0.1, 0.15) is 80.1 Å². The number of hydrogen-bond donors (Lipinski definition) is 1. The SMILES string of the molecule is CC[C@H](CC[C@@H](C)[C@H]1CC[C@H]2[C@@H]3CC=C4C=C(O)C=C[C@]4(C)[C@H]3C=C[C@]12C)C(C)C. The lowest BCUT2D eigenvalue weighted by atomic mass is 9.51. The normalized spacial score (nSPS) is 41.6. The van der Waals surface area contributed by atoms with Crippen LogP contribution in [0.5, 0.6) is 0 Å². The van der Waals surface area contributed by atoms with Gasteiger partial charge in [-0.1, -0.05) is 78.7 Å². The van der Waals surface area contributed by atoms with Gasteiger partial charge in [0.25, 0.3) is 0 Å². The van der Waals surface area contributed by atoms with E-state index in [1.807, 2.05) is 12.2 Å². The molecule has 166 valence electrons. The van der Waals surface area contributed by atoms with E-state index >= 15 is 0 Å². The predicted octanol–water partition coefficient (Wildman–Crippen LogP) is 8.27. The second-order valence-corrected chi connectivity index (χ2v) is 11.8. The lowest BCUT2D eigenvalue weighted by molar-refractivity contribution is 0.0610. The molecule has 1 N–H and O–H groups in total. The van der Waals surface area contributed by atoms with E-state index in [9.17, 15) is 5.11 Å². The number of allylic oxidation sites excluding steroid dienone is 7. The zero-order valence-corrected chi connectivity index (χ0v) is 20.2. The molecule has 30 heavy (non-hydrogen) atoms. The van der Waals surface area contributed by atoms with Gasteiger partial charge in [-0.3, -0.25) is 0 Å². The Labute approximate surface area is 185 Å². The van der Waals surface area contributed by atoms with E-state index in [1.165, 1.54) is 44.1 Å². The van der Waals surface area contributed by atoms with Crippen molar-refractivity contribution < 1.29 is 5.11 Å². The zero-order chi connectivity index (χ0) is 21.7. The number of rotatable bonds is 6. The molecule has 0 bridgehead atoms. The van der Waals surface area contributed by atoms with Crippen LogP contribution in [0.25, 0.3) is 0 Å². The topological polar surface area (TPSA) is 20.2 Å². The van der Waals surface area contributed by atoms with Crippen molar-refractivity contribution in [2.24, 2.45) is 52.3 Å². The molecule has 0 spiro atoms. The monoisotopic (exact) mass is 408 g/mol. The molecule has 1 fully saturated rings. The molecule has 0 unspecified atom stereocenters. The first-order chi connectivity index (χ1) is 14.2. The first kappa shape index (κ1) is 22.0. The summed E-state index contributed by atoms with van der Waals surface area (Å²) in [5.41, 5.74) is 1.72. The molecule has 0 aromatic rings. The van der Waals surface area contributed by atoms with Gasteiger partial charge in [0.1, 0.15) is 5.76 Å². The highest BCUT2D eigenvalue weighted by Crippen LogP contribution is 2.64. The van der Waals surface area contributed by atoms with Gasteiger partial charge in [-0.2, -0.15) is 0 Å². The molecule has 1 heteroatoms. The van der Waals surface area contributed by atoms with Crippen molar-refractivity contribution in [1.29, 1.82) is 0 Å². The van der Waals surface area contributed by atoms with E-state index < -0.39 is 0 Å². The fraction of sp³-hybridized carbons (Fsp3) is 0.724. The first-order valence-electron chi connectivity index (χ1n) is 12.7. The van der Waals surface area contributed by atoms with Crippen molar-refractivity contribution in [2.75, 3.05) is 0 Å². The van der Waals surface area contributed by atoms with Gasteiger partial charge >= 0.3 is 0 Å². The number of hydrogen-bond acceptors (Lipinski definition) is 1. The molecule has 4 rings (SSSR count). The molecule has 0 amide bonds. The minimum Gasteiger partial charge on any atom is -0.508 e. The smallest absolute Gasteiger partial charge is 0.115 e. The van der Waals surface area contributed by atoms with Crippen LogP contribution in [0, 0.1) is 52.3 Å². The van der Waals surface area contributed by atoms with Crippen molar-refractivity contribution >= 4 is 0 Å². The van der Waals surface area contributed by atoms with Crippen molar-refractivity contribution in [1.82, 2.24) is 0 Å². The van der Waals surface area contributed by atoms with Crippen LogP contribution in [0.2, 0.25) is 0 Å². The highest BCUT2D eigenvalue weighted by atomic mass is 16.3. The number of aliphatic hydroxyl groups is 1. The average Bonchev–Trinajstić information content (AvgIpc) is 3.06. The largest absolute Gasteiger partial charge is 0.508 e. The van der Waals surface area contributed by atoms with Crippen molar-refractivity contribution in [3.63, 3.8) is 0 Å². The van der Waals surface area contributed by atoms with Crippen molar-refractivity contribution in [2.45, 2.75) is 80.1 Å². The van der Waals surface area contributed by atoms with E-state index in [-0.39, 0.29) is 5.41 Å². The van der Waals surface area contributed by atoms with E-state index in [0.717, 1.165) is 35.5 Å². The molecular formula is C29H44O. The van der Waals surface area contributed by atoms with E-state index in [1.54, 1.807) is 0 Å². The van der Waals surface area contributed by atoms with Gasteiger partial charge in [-0.15, -0.1) is 0 Å². The fourth-order valence-electron chi connectivity index (χ4n) is 7.99. The summed E-state index contributed by atoms with van der Waals surface area (Å²) < 4.78 is 0. The number of aliphatic hydroxyl groups excluding tert-OH is 1. The highest BCUT2D eigenvalue weighted by Gasteiger charge is 2.56. The Morgan fingerprint density at radius 2 is 1.87 bits per heavy atom. The lowest BCUT2D eigenvalue weighted by Crippen LogP contribution is -2.46. The second kappa shape index (κ2) is 8.03. The summed E-state index contributed by atoms with van der Waals surface area (Å²) in [6, 6.07) is 0. The van der Waals surface area contributed by atoms with Gasteiger partial charge in [-0.25, -0.2) is 0 Å². The molecule has 1 nitrogen and oxygen atoms in total. The predicted molar refractivity (Wildman–Crippen MR) is 128 cm³/mol. The highest BCUT2D eigenvalue weighted by molar-refractivity contribution is 5.44. The minimum absolute atomic E-state index is 0.0439. The van der Waals surface area contributed by atoms with Gasteiger partial charge < -0.3 is 5.11 Å². The maximum Gasteiger partial charge on any atom is 0.115 e. The van der Waals surface area contributed by atoms with Crippen LogP contribution in [0.4, 0.5) is 0 Å². The Morgan fingerprint density at radius 3 is 2.57 bits per heavy atom. The summed E-state index contributed by atoms with van der Waals surface area (Å²) in [5, 5.41) is 10.0. The molecule has 0 aliphatic heterocycles. The third-order valence-corrected chi connectivity index (χ3v) is 10.0. The fourth-order valence-corrected chi connectivity index (χ4v) is 7.99. The number of fused-ring (bicyclic) bond motifs is 5. The molecule has 0 heterocycles. The molecule has 0 saturated heterocycles. The third-order valence-electron chi connectivity index (χ3n) is 10.0. The maximum atomic E-state index is 10.0. The molecule has 4 aliphatic rings. The molecule has 8 atom stereocenters. The summed E-state index contributed by atoms with van der Waals surface area (Å²) in [6.45, 7) is 14.7. The first-order valence-corrected chi connectivity index (χ1v) is 12.7. The molecule has 4 aliphatic carbocycles. The zero-order valence-electron chi connectivity index (χ0n) is 20.2. The standard InChI is InChI=1S/C29H44O/c1-7-21(19(2)3)9-8-20(4)25-12-13-26-24-11-10-22-18-23(30)14-16-28(22,5)27(24)15-17-29(25,26)6/h10,14-21,24-27,30H,7-9,11-13H2,1-6H3/t20-,21-,24+,25-,26+,27+,28+,29-/m1/s1. The quantitative estimate of drug-likeness (QED) is 0.438. The van der Waals surface area contributed by atoms with Crippen LogP contribution < -0.4 is 0 Å². The van der Waals surface area contributed by atoms with Crippen molar-refractivity contribution in [3.8, 4) is 0 Å². The summed E-state index contributed by atoms with van der Waals surface area (Å²) in [6.07, 6.45) is 21.9. The Hall–Kier alpha value is -1.24. The summed E-state index contributed by atoms with van der Waals surface area (Å²) in [4.78, 5) is 0. The van der Waals surface area contributed by atoms with Gasteiger partial charge in [-0.05, 0) is 90.2 Å². The van der Waals surface area contributed by atoms with E-state index in [0.29, 0.717) is 17.1 Å². The van der Waals surface area contributed by atoms with E-state index in [2.05, 4.69) is 65.8 Å². The van der Waals surface area contributed by atoms with Gasteiger partial charge in [0.2, 0.25) is 0 Å². The van der Waals surface area contributed by atoms with Crippen LogP contribution >= 0.6 is 0 Å². The summed E-state index contributed by atoms with van der Waals surface area (Å²) in [7, 11) is 0. The summed E-state index contributed by atoms with van der Waals surface area (Å²) in [5.74, 6) is 5.84. The molecule has 0 aromatic heterocycles. The van der Waals surface area contributed by atoms with Crippen molar-refractivity contribution in [3.05, 3.63) is 47.8 Å². The van der Waals surface area contributed by atoms with Gasteiger partial charge in [0.15, 0.2) is 0 Å². The Balaban J connectivity index is 1.53.